The van der Waals surface area contributed by atoms with Crippen LogP contribution in [0, 0.1) is 0 Å². The lowest BCUT2D eigenvalue weighted by Gasteiger charge is -2.37. The molecular formula is C12H20O7P2. The predicted molar refractivity (Wildman–Crippen MR) is 78.0 cm³/mol. The molecule has 1 unspecified atom stereocenters. The van der Waals surface area contributed by atoms with Crippen molar-refractivity contribution in [1.29, 1.82) is 0 Å². The van der Waals surface area contributed by atoms with E-state index in [-0.39, 0.29) is 0 Å². The van der Waals surface area contributed by atoms with Gasteiger partial charge in [0, 0.05) is 19.6 Å². The van der Waals surface area contributed by atoms with E-state index in [1.165, 1.54) is 0 Å². The third kappa shape index (κ3) is 4.47. The second kappa shape index (κ2) is 6.71. The molecule has 0 spiro atoms. The zero-order valence-electron chi connectivity index (χ0n) is 12.3. The summed E-state index contributed by atoms with van der Waals surface area (Å²) in [4.78, 5) is 18.2. The van der Waals surface area contributed by atoms with E-state index < -0.39 is 26.7 Å². The van der Waals surface area contributed by atoms with Gasteiger partial charge in [-0.25, -0.2) is 4.57 Å². The maximum absolute atomic E-state index is 12.6. The van der Waals surface area contributed by atoms with Gasteiger partial charge < -0.3 is 18.8 Å². The van der Waals surface area contributed by atoms with Crippen molar-refractivity contribution < 1.29 is 32.5 Å². The molecule has 0 heterocycles. The Bertz CT molecular complexity index is 544. The highest BCUT2D eigenvalue weighted by molar-refractivity contribution is 7.55. The third-order valence-electron chi connectivity index (χ3n) is 3.17. The van der Waals surface area contributed by atoms with Gasteiger partial charge in [-0.05, 0) is 5.56 Å². The van der Waals surface area contributed by atoms with Crippen LogP contribution in [0.15, 0.2) is 30.3 Å². The summed E-state index contributed by atoms with van der Waals surface area (Å²) < 4.78 is 38.4. The van der Waals surface area contributed by atoms with Crippen LogP contribution in [0.2, 0.25) is 0 Å². The highest BCUT2D eigenvalue weighted by atomic mass is 31.2. The lowest BCUT2D eigenvalue weighted by Crippen LogP contribution is -2.36. The fourth-order valence-electron chi connectivity index (χ4n) is 1.99. The molecule has 1 atom stereocenters. The summed E-state index contributed by atoms with van der Waals surface area (Å²) in [6.07, 6.45) is 0. The monoisotopic (exact) mass is 338 g/mol. The number of hydrogen-bond donors (Lipinski definition) is 2. The molecule has 0 saturated carbocycles. The zero-order valence-corrected chi connectivity index (χ0v) is 14.1. The number of phosphoric ester groups is 1. The Morgan fingerprint density at radius 3 is 1.90 bits per heavy atom. The molecule has 120 valence electrons. The molecular weight excluding hydrogens is 318 g/mol. The Morgan fingerprint density at radius 1 is 1.05 bits per heavy atom. The molecule has 0 bridgehead atoms. The van der Waals surface area contributed by atoms with Gasteiger partial charge in [-0.3, -0.25) is 9.09 Å². The molecule has 1 aromatic carbocycles. The molecule has 0 aliphatic heterocycles. The van der Waals surface area contributed by atoms with Crippen molar-refractivity contribution in [2.24, 2.45) is 0 Å². The maximum Gasteiger partial charge on any atom is 0.470 e. The molecule has 0 amide bonds. The van der Waals surface area contributed by atoms with E-state index in [0.717, 1.165) is 14.2 Å². The van der Waals surface area contributed by atoms with E-state index in [1.54, 1.807) is 44.2 Å². The van der Waals surface area contributed by atoms with Crippen molar-refractivity contribution in [3.63, 3.8) is 0 Å². The van der Waals surface area contributed by atoms with E-state index in [1.807, 2.05) is 0 Å². The summed E-state index contributed by atoms with van der Waals surface area (Å²) >= 11 is 0. The van der Waals surface area contributed by atoms with Gasteiger partial charge in [0.15, 0.2) is 5.85 Å². The first kappa shape index (κ1) is 18.5. The lowest BCUT2D eigenvalue weighted by molar-refractivity contribution is 0.102. The minimum Gasteiger partial charge on any atom is -0.310 e. The fourth-order valence-corrected chi connectivity index (χ4v) is 4.82. The summed E-state index contributed by atoms with van der Waals surface area (Å²) in [5.74, 6) is -1.47. The Morgan fingerprint density at radius 2 is 1.52 bits per heavy atom. The molecule has 1 rings (SSSR count). The molecule has 1 aromatic rings. The Balaban J connectivity index is 3.36. The zero-order chi connectivity index (χ0) is 16.3. The lowest BCUT2D eigenvalue weighted by atomic mass is 9.85. The van der Waals surface area contributed by atoms with Gasteiger partial charge in [0.1, 0.15) is 0 Å². The molecule has 2 N–H and O–H groups in total. The van der Waals surface area contributed by atoms with Crippen molar-refractivity contribution in [2.75, 3.05) is 14.2 Å². The van der Waals surface area contributed by atoms with Gasteiger partial charge in [0.05, 0.1) is 0 Å². The molecule has 0 aliphatic carbocycles. The van der Waals surface area contributed by atoms with Crippen molar-refractivity contribution in [1.82, 2.24) is 0 Å². The SMILES string of the molecule is COP(=O)(OC)C(OP(=O)(O)O)C(C)(C)c1ccccc1. The van der Waals surface area contributed by atoms with E-state index in [4.69, 9.17) is 23.4 Å². The molecule has 0 radical (unpaired) electrons. The van der Waals surface area contributed by atoms with Crippen LogP contribution in [-0.2, 0) is 28.1 Å². The molecule has 9 heteroatoms. The maximum atomic E-state index is 12.6. The second-order valence-corrected chi connectivity index (χ2v) is 8.41. The Kier molecular flexibility index (Phi) is 5.92. The third-order valence-corrected chi connectivity index (χ3v) is 6.16. The fraction of sp³-hybridized carbons (Fsp3) is 0.500. The summed E-state index contributed by atoms with van der Waals surface area (Å²) in [7, 11) is -6.50. The van der Waals surface area contributed by atoms with Crippen molar-refractivity contribution in [3.8, 4) is 0 Å². The summed E-state index contributed by atoms with van der Waals surface area (Å²) in [5.41, 5.74) is -0.345. The molecule has 0 aliphatic rings. The number of rotatable bonds is 7. The molecule has 0 saturated heterocycles. The van der Waals surface area contributed by atoms with Gasteiger partial charge in [-0.2, -0.15) is 0 Å². The molecule has 0 fully saturated rings. The Labute approximate surface area is 124 Å². The van der Waals surface area contributed by atoms with Crippen LogP contribution in [0.1, 0.15) is 19.4 Å². The van der Waals surface area contributed by atoms with Gasteiger partial charge in [0.25, 0.3) is 0 Å². The van der Waals surface area contributed by atoms with E-state index in [2.05, 4.69) is 0 Å². The van der Waals surface area contributed by atoms with Crippen LogP contribution < -0.4 is 0 Å². The minimum atomic E-state index is -4.89. The minimum absolute atomic E-state index is 0.678. The van der Waals surface area contributed by atoms with Crippen LogP contribution in [-0.4, -0.2) is 29.9 Å². The quantitative estimate of drug-likeness (QED) is 0.737. The smallest absolute Gasteiger partial charge is 0.310 e. The average molecular weight is 338 g/mol. The van der Waals surface area contributed by atoms with Gasteiger partial charge >= 0.3 is 15.4 Å². The van der Waals surface area contributed by atoms with Gasteiger partial charge in [0.2, 0.25) is 0 Å². The molecule has 21 heavy (non-hydrogen) atoms. The first-order chi connectivity index (χ1) is 9.57. The summed E-state index contributed by atoms with van der Waals surface area (Å²) in [5, 5.41) is 0. The first-order valence-electron chi connectivity index (χ1n) is 6.07. The first-order valence-corrected chi connectivity index (χ1v) is 9.21. The number of benzene rings is 1. The van der Waals surface area contributed by atoms with Crippen LogP contribution >= 0.6 is 15.4 Å². The Hall–Kier alpha value is -0.520. The van der Waals surface area contributed by atoms with Crippen molar-refractivity contribution in [2.45, 2.75) is 25.1 Å². The van der Waals surface area contributed by atoms with E-state index in [0.29, 0.717) is 5.56 Å². The average Bonchev–Trinajstić information content (AvgIpc) is 2.44. The second-order valence-electron chi connectivity index (χ2n) is 4.94. The van der Waals surface area contributed by atoms with E-state index >= 15 is 0 Å². The van der Waals surface area contributed by atoms with Gasteiger partial charge in [-0.1, -0.05) is 44.2 Å². The van der Waals surface area contributed by atoms with Crippen molar-refractivity contribution >= 4 is 15.4 Å². The van der Waals surface area contributed by atoms with Gasteiger partial charge in [-0.15, -0.1) is 0 Å². The molecule has 7 nitrogen and oxygen atoms in total. The highest BCUT2D eigenvalue weighted by Gasteiger charge is 2.50. The number of phosphoric acid groups is 1. The standard InChI is InChI=1S/C12H20O7P2/c1-12(2,10-8-6-5-7-9-10)11(19-21(14,15)16)20(13,17-3)18-4/h5-9,11H,1-4H3,(H2,14,15,16). The topological polar surface area (TPSA) is 102 Å². The summed E-state index contributed by atoms with van der Waals surface area (Å²) in [6, 6.07) is 8.80. The van der Waals surface area contributed by atoms with E-state index in [9.17, 15) is 9.13 Å². The van der Waals surface area contributed by atoms with Crippen LogP contribution in [0.25, 0.3) is 0 Å². The van der Waals surface area contributed by atoms with Crippen molar-refractivity contribution in [3.05, 3.63) is 35.9 Å². The predicted octanol–water partition coefficient (Wildman–Crippen LogP) is 2.89. The van der Waals surface area contributed by atoms with Crippen LogP contribution in [0.5, 0.6) is 0 Å². The largest absolute Gasteiger partial charge is 0.470 e. The normalized spacial score (nSPS) is 15.0. The number of hydrogen-bond acceptors (Lipinski definition) is 5. The highest BCUT2D eigenvalue weighted by Crippen LogP contribution is 2.62. The molecule has 0 aromatic heterocycles. The summed E-state index contributed by atoms with van der Waals surface area (Å²) in [6.45, 7) is 3.29. The van der Waals surface area contributed by atoms with Crippen LogP contribution in [0.3, 0.4) is 0 Å². The van der Waals surface area contributed by atoms with Crippen LogP contribution in [0.4, 0.5) is 0 Å².